The smallest absolute Gasteiger partial charge is 0.271 e. The molecule has 0 atom stereocenters. The molecule has 26 heavy (non-hydrogen) atoms. The first kappa shape index (κ1) is 19.7. The Morgan fingerprint density at radius 3 is 2.31 bits per heavy atom. The van der Waals surface area contributed by atoms with Gasteiger partial charge in [-0.2, -0.15) is 5.10 Å². The molecule has 138 valence electrons. The molecule has 0 fully saturated rings. The predicted octanol–water partition coefficient (Wildman–Crippen LogP) is 4.93. The van der Waals surface area contributed by atoms with Gasteiger partial charge in [-0.05, 0) is 59.4 Å². The number of hydrogen-bond acceptors (Lipinski definition) is 3. The summed E-state index contributed by atoms with van der Waals surface area (Å²) in [5.41, 5.74) is 5.32. The molecule has 4 heteroatoms. The number of hydrogen-bond donors (Lipinski definition) is 1. The first-order valence-corrected chi connectivity index (χ1v) is 9.07. The second kappa shape index (κ2) is 9.18. The van der Waals surface area contributed by atoms with Crippen LogP contribution >= 0.6 is 0 Å². The van der Waals surface area contributed by atoms with Crippen LogP contribution in [0.25, 0.3) is 0 Å². The van der Waals surface area contributed by atoms with Crippen LogP contribution in [0.1, 0.15) is 62.0 Å². The highest BCUT2D eigenvalue weighted by atomic mass is 16.5. The average molecular weight is 352 g/mol. The lowest BCUT2D eigenvalue weighted by Gasteiger charge is -2.18. The molecule has 0 saturated carbocycles. The van der Waals surface area contributed by atoms with E-state index in [1.54, 1.807) is 6.21 Å². The van der Waals surface area contributed by atoms with Gasteiger partial charge in [0.1, 0.15) is 5.75 Å². The fraction of sp³-hybridized carbons (Fsp3) is 0.364. The van der Waals surface area contributed by atoms with Crippen molar-refractivity contribution in [3.05, 3.63) is 65.2 Å². The van der Waals surface area contributed by atoms with Crippen LogP contribution in [0.15, 0.2) is 53.6 Å². The normalized spacial score (nSPS) is 11.5. The summed E-state index contributed by atoms with van der Waals surface area (Å²) >= 11 is 0. The lowest BCUT2D eigenvalue weighted by atomic mass is 9.87. The molecule has 1 amide bonds. The summed E-state index contributed by atoms with van der Waals surface area (Å²) in [6, 6.07) is 15.3. The van der Waals surface area contributed by atoms with Crippen LogP contribution in [-0.4, -0.2) is 18.7 Å². The van der Waals surface area contributed by atoms with E-state index in [9.17, 15) is 4.79 Å². The molecule has 1 N–H and O–H groups in total. The number of ether oxygens (including phenoxy) is 1. The zero-order valence-corrected chi connectivity index (χ0v) is 16.1. The summed E-state index contributed by atoms with van der Waals surface area (Å²) in [4.78, 5) is 12.2. The Balaban J connectivity index is 1.88. The number of nitrogens with one attached hydrogen (secondary N) is 1. The maximum absolute atomic E-state index is 12.2. The molecule has 0 aliphatic rings. The Morgan fingerprint density at radius 2 is 1.73 bits per heavy atom. The van der Waals surface area contributed by atoms with E-state index in [0.717, 1.165) is 30.8 Å². The number of carbonyl (C=O) groups excluding carboxylic acids is 1. The molecular weight excluding hydrogens is 324 g/mol. The van der Waals surface area contributed by atoms with Gasteiger partial charge in [0.25, 0.3) is 5.91 Å². The van der Waals surface area contributed by atoms with Gasteiger partial charge in [-0.25, -0.2) is 5.43 Å². The van der Waals surface area contributed by atoms with Gasteiger partial charge in [0.05, 0.1) is 12.8 Å². The van der Waals surface area contributed by atoms with Crippen LogP contribution in [-0.2, 0) is 5.41 Å². The maximum atomic E-state index is 12.2. The molecule has 0 heterocycles. The van der Waals surface area contributed by atoms with Crippen LogP contribution in [0.5, 0.6) is 5.75 Å². The summed E-state index contributed by atoms with van der Waals surface area (Å²) in [6.07, 6.45) is 3.78. The van der Waals surface area contributed by atoms with Crippen LogP contribution in [0.3, 0.4) is 0 Å². The SMILES string of the molecule is CCCCOc1ccc(/C=N/NC(=O)c2ccc(C(C)(C)C)cc2)cc1. The number of carbonyl (C=O) groups is 1. The molecule has 2 aromatic rings. The fourth-order valence-corrected chi connectivity index (χ4v) is 2.34. The van der Waals surface area contributed by atoms with Crippen LogP contribution in [0.2, 0.25) is 0 Å². The minimum atomic E-state index is -0.221. The van der Waals surface area contributed by atoms with E-state index in [1.807, 2.05) is 48.5 Å². The van der Waals surface area contributed by atoms with Crippen molar-refractivity contribution in [1.82, 2.24) is 5.43 Å². The highest BCUT2D eigenvalue weighted by Crippen LogP contribution is 2.22. The van der Waals surface area contributed by atoms with Crippen molar-refractivity contribution in [2.75, 3.05) is 6.61 Å². The van der Waals surface area contributed by atoms with E-state index in [4.69, 9.17) is 4.74 Å². The predicted molar refractivity (Wildman–Crippen MR) is 107 cm³/mol. The van der Waals surface area contributed by atoms with Crippen LogP contribution < -0.4 is 10.2 Å². The molecule has 0 aromatic heterocycles. The monoisotopic (exact) mass is 352 g/mol. The Kier molecular flexibility index (Phi) is 6.96. The number of benzene rings is 2. The van der Waals surface area contributed by atoms with Crippen molar-refractivity contribution in [2.24, 2.45) is 5.10 Å². The minimum absolute atomic E-state index is 0.0690. The Hall–Kier alpha value is -2.62. The van der Waals surface area contributed by atoms with Crippen LogP contribution in [0, 0.1) is 0 Å². The fourth-order valence-electron chi connectivity index (χ4n) is 2.34. The molecule has 0 bridgehead atoms. The second-order valence-electron chi connectivity index (χ2n) is 7.30. The number of unbranched alkanes of at least 4 members (excludes halogenated alkanes) is 1. The maximum Gasteiger partial charge on any atom is 0.271 e. The Labute approximate surface area is 156 Å². The van der Waals surface area contributed by atoms with E-state index in [1.165, 1.54) is 5.56 Å². The average Bonchev–Trinajstić information content (AvgIpc) is 2.62. The van der Waals surface area contributed by atoms with Gasteiger partial charge >= 0.3 is 0 Å². The van der Waals surface area contributed by atoms with Gasteiger partial charge < -0.3 is 4.74 Å². The summed E-state index contributed by atoms with van der Waals surface area (Å²) < 4.78 is 5.62. The van der Waals surface area contributed by atoms with E-state index < -0.39 is 0 Å². The zero-order valence-electron chi connectivity index (χ0n) is 16.1. The molecule has 0 aliphatic heterocycles. The number of rotatable bonds is 7. The van der Waals surface area contributed by atoms with Crippen molar-refractivity contribution in [3.8, 4) is 5.75 Å². The lowest BCUT2D eigenvalue weighted by molar-refractivity contribution is 0.0955. The lowest BCUT2D eigenvalue weighted by Crippen LogP contribution is -2.18. The highest BCUT2D eigenvalue weighted by molar-refractivity contribution is 5.94. The van der Waals surface area contributed by atoms with Crippen molar-refractivity contribution in [3.63, 3.8) is 0 Å². The quantitative estimate of drug-likeness (QED) is 0.436. The van der Waals surface area contributed by atoms with Gasteiger partial charge in [0.15, 0.2) is 0 Å². The first-order valence-electron chi connectivity index (χ1n) is 9.07. The topological polar surface area (TPSA) is 50.7 Å². The third-order valence-corrected chi connectivity index (χ3v) is 4.04. The van der Waals surface area contributed by atoms with E-state index >= 15 is 0 Å². The highest BCUT2D eigenvalue weighted by Gasteiger charge is 2.14. The number of nitrogens with zero attached hydrogens (tertiary/aromatic N) is 1. The molecule has 0 radical (unpaired) electrons. The van der Waals surface area contributed by atoms with Gasteiger partial charge in [0.2, 0.25) is 0 Å². The number of hydrazone groups is 1. The van der Waals surface area contributed by atoms with Crippen molar-refractivity contribution < 1.29 is 9.53 Å². The van der Waals surface area contributed by atoms with Crippen molar-refractivity contribution in [1.29, 1.82) is 0 Å². The van der Waals surface area contributed by atoms with Gasteiger partial charge in [-0.1, -0.05) is 46.2 Å². The van der Waals surface area contributed by atoms with E-state index in [2.05, 4.69) is 38.2 Å². The molecule has 0 spiro atoms. The standard InChI is InChI=1S/C22H28N2O2/c1-5-6-15-26-20-13-7-17(8-14-20)16-23-24-21(25)18-9-11-19(12-10-18)22(2,3)4/h7-14,16H,5-6,15H2,1-4H3,(H,24,25)/b23-16+. The third kappa shape index (κ3) is 6.03. The zero-order chi connectivity index (χ0) is 19.0. The second-order valence-corrected chi connectivity index (χ2v) is 7.30. The first-order chi connectivity index (χ1) is 12.4. The molecule has 0 aliphatic carbocycles. The minimum Gasteiger partial charge on any atom is -0.494 e. The van der Waals surface area contributed by atoms with E-state index in [-0.39, 0.29) is 11.3 Å². The summed E-state index contributed by atoms with van der Waals surface area (Å²) in [6.45, 7) is 9.30. The molecule has 2 rings (SSSR count). The molecule has 4 nitrogen and oxygen atoms in total. The Bertz CT molecular complexity index is 726. The summed E-state index contributed by atoms with van der Waals surface area (Å²) in [5, 5.41) is 4.03. The molecular formula is C22H28N2O2. The van der Waals surface area contributed by atoms with Crippen LogP contribution in [0.4, 0.5) is 0 Å². The van der Waals surface area contributed by atoms with Gasteiger partial charge in [0, 0.05) is 5.56 Å². The third-order valence-electron chi connectivity index (χ3n) is 4.04. The van der Waals surface area contributed by atoms with E-state index in [0.29, 0.717) is 5.56 Å². The molecule has 0 unspecified atom stereocenters. The summed E-state index contributed by atoms with van der Waals surface area (Å²) in [7, 11) is 0. The van der Waals surface area contributed by atoms with Crippen molar-refractivity contribution >= 4 is 12.1 Å². The molecule has 0 saturated heterocycles. The van der Waals surface area contributed by atoms with Gasteiger partial charge in [-0.15, -0.1) is 0 Å². The van der Waals surface area contributed by atoms with Gasteiger partial charge in [-0.3, -0.25) is 4.79 Å². The largest absolute Gasteiger partial charge is 0.494 e. The number of amides is 1. The Morgan fingerprint density at radius 1 is 1.08 bits per heavy atom. The van der Waals surface area contributed by atoms with Crippen molar-refractivity contribution in [2.45, 2.75) is 46.0 Å². The summed E-state index contributed by atoms with van der Waals surface area (Å²) in [5.74, 6) is 0.625. The molecule has 2 aromatic carbocycles.